The van der Waals surface area contributed by atoms with Gasteiger partial charge in [-0.05, 0) is 31.4 Å². The zero-order chi connectivity index (χ0) is 15.2. The Morgan fingerprint density at radius 2 is 2.19 bits per heavy atom. The largest absolute Gasteiger partial charge is 0.370 e. The van der Waals surface area contributed by atoms with Crippen LogP contribution in [0, 0.1) is 17.1 Å². The summed E-state index contributed by atoms with van der Waals surface area (Å²) in [6.07, 6.45) is 3.04. The summed E-state index contributed by atoms with van der Waals surface area (Å²) in [5.41, 5.74) is 0.752. The molecule has 1 saturated heterocycles. The van der Waals surface area contributed by atoms with Crippen LogP contribution in [0.1, 0.15) is 38.2 Å². The van der Waals surface area contributed by atoms with E-state index < -0.39 is 5.82 Å². The fourth-order valence-electron chi connectivity index (χ4n) is 2.68. The maximum Gasteiger partial charge on any atom is 0.220 e. The molecule has 5 heteroatoms. The predicted molar refractivity (Wildman–Crippen MR) is 79.4 cm³/mol. The number of carbonyl (C=O) groups is 1. The monoisotopic (exact) mass is 289 g/mol. The third-order valence-corrected chi connectivity index (χ3v) is 3.78. The standard InChI is InChI=1S/C16H20FN3O/c1-2-4-16(21)19-12-7-9-20(10-8-12)15-6-3-5-14(17)13(15)11-18/h3,5-6,12H,2,4,7-10H2,1H3,(H,19,21). The number of benzene rings is 1. The molecule has 1 amide bonds. The lowest BCUT2D eigenvalue weighted by atomic mass is 10.0. The number of amides is 1. The van der Waals surface area contributed by atoms with Crippen LogP contribution in [0.4, 0.5) is 10.1 Å². The lowest BCUT2D eigenvalue weighted by molar-refractivity contribution is -0.121. The van der Waals surface area contributed by atoms with Gasteiger partial charge in [0.05, 0.1) is 5.69 Å². The lowest BCUT2D eigenvalue weighted by Gasteiger charge is -2.34. The van der Waals surface area contributed by atoms with Gasteiger partial charge in [-0.15, -0.1) is 0 Å². The Kier molecular flexibility index (Phi) is 5.15. The van der Waals surface area contributed by atoms with Gasteiger partial charge < -0.3 is 10.2 Å². The highest BCUT2D eigenvalue weighted by Gasteiger charge is 2.23. The number of piperidine rings is 1. The van der Waals surface area contributed by atoms with E-state index in [-0.39, 0.29) is 17.5 Å². The first kappa shape index (κ1) is 15.3. The van der Waals surface area contributed by atoms with Crippen molar-refractivity contribution in [1.29, 1.82) is 5.26 Å². The Bertz CT molecular complexity index is 545. The first-order chi connectivity index (χ1) is 10.2. The molecule has 0 atom stereocenters. The Labute approximate surface area is 124 Å². The van der Waals surface area contributed by atoms with Crippen molar-refractivity contribution in [3.8, 4) is 6.07 Å². The topological polar surface area (TPSA) is 56.1 Å². The van der Waals surface area contributed by atoms with Crippen LogP contribution in [0.25, 0.3) is 0 Å². The van der Waals surface area contributed by atoms with Crippen LogP contribution in [-0.2, 0) is 4.79 Å². The van der Waals surface area contributed by atoms with Gasteiger partial charge in [0.25, 0.3) is 0 Å². The molecule has 112 valence electrons. The van der Waals surface area contributed by atoms with E-state index >= 15 is 0 Å². The zero-order valence-corrected chi connectivity index (χ0v) is 12.2. The molecule has 0 radical (unpaired) electrons. The van der Waals surface area contributed by atoms with Gasteiger partial charge in [0.1, 0.15) is 17.4 Å². The number of halogens is 1. The summed E-state index contributed by atoms with van der Waals surface area (Å²) in [5.74, 6) is -0.382. The smallest absolute Gasteiger partial charge is 0.220 e. The van der Waals surface area contributed by atoms with E-state index in [0.717, 1.165) is 32.4 Å². The normalized spacial score (nSPS) is 15.6. The minimum Gasteiger partial charge on any atom is -0.370 e. The third kappa shape index (κ3) is 3.72. The van der Waals surface area contributed by atoms with Crippen LogP contribution in [0.2, 0.25) is 0 Å². The number of hydrogen-bond acceptors (Lipinski definition) is 3. The minimum absolute atomic E-state index is 0.0967. The Balaban J connectivity index is 1.97. The van der Waals surface area contributed by atoms with Gasteiger partial charge in [-0.25, -0.2) is 4.39 Å². The number of anilines is 1. The van der Waals surface area contributed by atoms with Crippen LogP contribution in [-0.4, -0.2) is 25.0 Å². The van der Waals surface area contributed by atoms with Gasteiger partial charge in [0.15, 0.2) is 0 Å². The predicted octanol–water partition coefficient (Wildman–Crippen LogP) is 2.58. The van der Waals surface area contributed by atoms with Crippen LogP contribution >= 0.6 is 0 Å². The summed E-state index contributed by atoms with van der Waals surface area (Å²) in [4.78, 5) is 13.6. The number of nitrogens with zero attached hydrogens (tertiary/aromatic N) is 2. The van der Waals surface area contributed by atoms with Gasteiger partial charge in [0, 0.05) is 25.6 Å². The SMILES string of the molecule is CCCC(=O)NC1CCN(c2cccc(F)c2C#N)CC1. The number of hydrogen-bond donors (Lipinski definition) is 1. The molecule has 0 aliphatic carbocycles. The third-order valence-electron chi connectivity index (χ3n) is 3.78. The van der Waals surface area contributed by atoms with Crippen molar-refractivity contribution in [2.45, 2.75) is 38.6 Å². The molecule has 1 aromatic carbocycles. The van der Waals surface area contributed by atoms with Crippen LogP contribution in [0.5, 0.6) is 0 Å². The van der Waals surface area contributed by atoms with E-state index in [9.17, 15) is 9.18 Å². The van der Waals surface area contributed by atoms with E-state index in [4.69, 9.17) is 5.26 Å². The first-order valence-corrected chi connectivity index (χ1v) is 7.38. The molecule has 1 aliphatic rings. The summed E-state index contributed by atoms with van der Waals surface area (Å²) in [6.45, 7) is 3.42. The van der Waals surface area contributed by atoms with Crippen molar-refractivity contribution in [2.75, 3.05) is 18.0 Å². The summed E-state index contributed by atoms with van der Waals surface area (Å²) >= 11 is 0. The number of nitrogens with one attached hydrogen (secondary N) is 1. The second kappa shape index (κ2) is 7.07. The summed E-state index contributed by atoms with van der Waals surface area (Å²) < 4.78 is 13.6. The molecular formula is C16H20FN3O. The zero-order valence-electron chi connectivity index (χ0n) is 12.2. The van der Waals surface area contributed by atoms with E-state index in [1.165, 1.54) is 6.07 Å². The molecule has 0 unspecified atom stereocenters. The highest BCUT2D eigenvalue weighted by Crippen LogP contribution is 2.25. The second-order valence-corrected chi connectivity index (χ2v) is 5.32. The average Bonchev–Trinajstić information content (AvgIpc) is 2.48. The van der Waals surface area contributed by atoms with Gasteiger partial charge in [-0.2, -0.15) is 5.26 Å². The average molecular weight is 289 g/mol. The maximum absolute atomic E-state index is 13.6. The molecule has 0 saturated carbocycles. The minimum atomic E-state index is -0.478. The van der Waals surface area contributed by atoms with E-state index in [0.29, 0.717) is 12.1 Å². The molecule has 0 spiro atoms. The first-order valence-electron chi connectivity index (χ1n) is 7.38. The van der Waals surface area contributed by atoms with Crippen LogP contribution < -0.4 is 10.2 Å². The lowest BCUT2D eigenvalue weighted by Crippen LogP contribution is -2.44. The molecule has 2 rings (SSSR count). The van der Waals surface area contributed by atoms with Gasteiger partial charge in [-0.1, -0.05) is 13.0 Å². The molecular weight excluding hydrogens is 269 g/mol. The maximum atomic E-state index is 13.6. The molecule has 21 heavy (non-hydrogen) atoms. The number of rotatable bonds is 4. The van der Waals surface area contributed by atoms with Gasteiger partial charge in [0.2, 0.25) is 5.91 Å². The molecule has 0 aromatic heterocycles. The quantitative estimate of drug-likeness (QED) is 0.927. The fourth-order valence-corrected chi connectivity index (χ4v) is 2.68. The molecule has 1 heterocycles. The van der Waals surface area contributed by atoms with Crippen molar-refractivity contribution in [2.24, 2.45) is 0 Å². The second-order valence-electron chi connectivity index (χ2n) is 5.32. The summed E-state index contributed by atoms with van der Waals surface area (Å²) in [6, 6.07) is 6.82. The molecule has 1 aliphatic heterocycles. The van der Waals surface area contributed by atoms with Crippen molar-refractivity contribution in [3.05, 3.63) is 29.6 Å². The molecule has 1 aromatic rings. The van der Waals surface area contributed by atoms with Crippen molar-refractivity contribution in [1.82, 2.24) is 5.32 Å². The van der Waals surface area contributed by atoms with Crippen LogP contribution in [0.3, 0.4) is 0 Å². The summed E-state index contributed by atoms with van der Waals surface area (Å²) in [5, 5.41) is 12.1. The van der Waals surface area contributed by atoms with Crippen molar-refractivity contribution in [3.63, 3.8) is 0 Å². The van der Waals surface area contributed by atoms with Crippen LogP contribution in [0.15, 0.2) is 18.2 Å². The van der Waals surface area contributed by atoms with Gasteiger partial charge >= 0.3 is 0 Å². The molecule has 1 fully saturated rings. The molecule has 1 N–H and O–H groups in total. The fraction of sp³-hybridized carbons (Fsp3) is 0.500. The molecule has 0 bridgehead atoms. The highest BCUT2D eigenvalue weighted by molar-refractivity contribution is 5.76. The van der Waals surface area contributed by atoms with E-state index in [1.54, 1.807) is 12.1 Å². The Morgan fingerprint density at radius 1 is 1.48 bits per heavy atom. The molecule has 4 nitrogen and oxygen atoms in total. The highest BCUT2D eigenvalue weighted by atomic mass is 19.1. The number of carbonyl (C=O) groups excluding carboxylic acids is 1. The number of nitriles is 1. The van der Waals surface area contributed by atoms with E-state index in [2.05, 4.69) is 5.32 Å². The van der Waals surface area contributed by atoms with Gasteiger partial charge in [-0.3, -0.25) is 4.79 Å². The summed E-state index contributed by atoms with van der Waals surface area (Å²) in [7, 11) is 0. The Hall–Kier alpha value is -2.09. The van der Waals surface area contributed by atoms with Crippen molar-refractivity contribution < 1.29 is 9.18 Å². The van der Waals surface area contributed by atoms with Crippen molar-refractivity contribution >= 4 is 11.6 Å². The Morgan fingerprint density at radius 3 is 2.81 bits per heavy atom. The van der Waals surface area contributed by atoms with E-state index in [1.807, 2.05) is 17.9 Å².